The van der Waals surface area contributed by atoms with E-state index in [-0.39, 0.29) is 12.3 Å². The molecule has 0 aliphatic heterocycles. The summed E-state index contributed by atoms with van der Waals surface area (Å²) >= 11 is 6.61. The van der Waals surface area contributed by atoms with Gasteiger partial charge in [-0.3, -0.25) is 10.1 Å². The fourth-order valence-electron chi connectivity index (χ4n) is 1.76. The summed E-state index contributed by atoms with van der Waals surface area (Å²) in [5.41, 5.74) is 1.56. The maximum atomic E-state index is 11.0. The average molecular weight is 401 g/mol. The average Bonchev–Trinajstić information content (AvgIpc) is 2.38. The maximum absolute atomic E-state index is 11.0. The van der Waals surface area contributed by atoms with Crippen LogP contribution >= 0.6 is 31.9 Å². The molecule has 2 aromatic carbocycles. The van der Waals surface area contributed by atoms with E-state index in [0.29, 0.717) is 15.8 Å². The highest BCUT2D eigenvalue weighted by molar-refractivity contribution is 9.10. The predicted molar refractivity (Wildman–Crippen MR) is 84.0 cm³/mol. The quantitative estimate of drug-likeness (QED) is 0.535. The summed E-state index contributed by atoms with van der Waals surface area (Å²) in [6, 6.07) is 10.6. The van der Waals surface area contributed by atoms with E-state index >= 15 is 0 Å². The van der Waals surface area contributed by atoms with Crippen LogP contribution < -0.4 is 4.74 Å². The summed E-state index contributed by atoms with van der Waals surface area (Å²) in [5, 5.41) is 11.0. The Kier molecular flexibility index (Phi) is 4.77. The van der Waals surface area contributed by atoms with Crippen molar-refractivity contribution in [1.29, 1.82) is 0 Å². The van der Waals surface area contributed by atoms with Crippen LogP contribution in [0.15, 0.2) is 45.3 Å². The lowest BCUT2D eigenvalue weighted by molar-refractivity contribution is -0.385. The molecule has 6 heteroatoms. The molecule has 0 atom stereocenters. The first-order valence-corrected chi connectivity index (χ1v) is 7.38. The van der Waals surface area contributed by atoms with Crippen LogP contribution in [0.1, 0.15) is 11.1 Å². The van der Waals surface area contributed by atoms with Crippen molar-refractivity contribution in [3.05, 3.63) is 66.6 Å². The number of aryl methyl sites for hydroxylation is 1. The lowest BCUT2D eigenvalue weighted by Crippen LogP contribution is -2.01. The Hall–Kier alpha value is -1.40. The van der Waals surface area contributed by atoms with Crippen molar-refractivity contribution in [2.75, 3.05) is 0 Å². The lowest BCUT2D eigenvalue weighted by atomic mass is 10.2. The molecule has 0 amide bonds. The van der Waals surface area contributed by atoms with Gasteiger partial charge in [0.1, 0.15) is 12.4 Å². The summed E-state index contributed by atoms with van der Waals surface area (Å²) in [6.45, 7) is 2.09. The molecule has 0 aliphatic rings. The Labute approximate surface area is 133 Å². The summed E-state index contributed by atoms with van der Waals surface area (Å²) in [7, 11) is 0. The topological polar surface area (TPSA) is 52.4 Å². The van der Waals surface area contributed by atoms with E-state index in [1.54, 1.807) is 12.1 Å². The van der Waals surface area contributed by atoms with Crippen molar-refractivity contribution >= 4 is 37.5 Å². The van der Waals surface area contributed by atoms with Crippen LogP contribution in [0.4, 0.5) is 5.69 Å². The number of benzene rings is 2. The molecule has 2 aromatic rings. The Morgan fingerprint density at radius 1 is 1.15 bits per heavy atom. The zero-order valence-corrected chi connectivity index (χ0v) is 13.8. The van der Waals surface area contributed by atoms with Crippen LogP contribution in [-0.4, -0.2) is 4.92 Å². The third-order valence-electron chi connectivity index (χ3n) is 2.76. The molecule has 0 bridgehead atoms. The Balaban J connectivity index is 2.20. The Bertz CT molecular complexity index is 659. The van der Waals surface area contributed by atoms with E-state index in [1.165, 1.54) is 6.07 Å². The third kappa shape index (κ3) is 3.58. The number of nitrogens with zero attached hydrogens (tertiary/aromatic N) is 1. The molecule has 104 valence electrons. The minimum absolute atomic E-state index is 0.0501. The highest BCUT2D eigenvalue weighted by Crippen LogP contribution is 2.27. The maximum Gasteiger partial charge on any atom is 0.277 e. The van der Waals surface area contributed by atoms with Crippen molar-refractivity contribution in [1.82, 2.24) is 0 Å². The molecule has 0 spiro atoms. The zero-order chi connectivity index (χ0) is 14.7. The van der Waals surface area contributed by atoms with Crippen molar-refractivity contribution in [2.45, 2.75) is 13.5 Å². The van der Waals surface area contributed by atoms with E-state index in [4.69, 9.17) is 4.74 Å². The second kappa shape index (κ2) is 6.37. The number of hydrogen-bond acceptors (Lipinski definition) is 3. The van der Waals surface area contributed by atoms with Gasteiger partial charge in [-0.15, -0.1) is 0 Å². The molecule has 0 saturated heterocycles. The van der Waals surface area contributed by atoms with Crippen molar-refractivity contribution in [3.8, 4) is 5.75 Å². The predicted octanol–water partition coefficient (Wildman–Crippen LogP) is 5.01. The van der Waals surface area contributed by atoms with E-state index in [2.05, 4.69) is 31.9 Å². The fraction of sp³-hybridized carbons (Fsp3) is 0.143. The van der Waals surface area contributed by atoms with Crippen LogP contribution in [0, 0.1) is 17.0 Å². The summed E-state index contributed by atoms with van der Waals surface area (Å²) in [4.78, 5) is 10.6. The van der Waals surface area contributed by atoms with Gasteiger partial charge >= 0.3 is 0 Å². The highest BCUT2D eigenvalue weighted by atomic mass is 79.9. The van der Waals surface area contributed by atoms with Crippen LogP contribution in [0.2, 0.25) is 0 Å². The van der Waals surface area contributed by atoms with Crippen LogP contribution in [0.3, 0.4) is 0 Å². The standard InChI is InChI=1S/C14H11Br2NO3/c1-9-6-11(15)4-5-14(9)20-8-10-2-3-12(16)7-13(10)17(18)19/h2-7H,8H2,1H3. The van der Waals surface area contributed by atoms with Gasteiger partial charge in [0, 0.05) is 15.0 Å². The minimum atomic E-state index is -0.405. The van der Waals surface area contributed by atoms with Crippen LogP contribution in [-0.2, 0) is 6.61 Å². The Morgan fingerprint density at radius 3 is 2.45 bits per heavy atom. The SMILES string of the molecule is Cc1cc(Br)ccc1OCc1ccc(Br)cc1[N+](=O)[O-]. The first-order chi connectivity index (χ1) is 9.47. The summed E-state index contributed by atoms with van der Waals surface area (Å²) in [5.74, 6) is 0.713. The van der Waals surface area contributed by atoms with Gasteiger partial charge in [0.25, 0.3) is 5.69 Å². The normalized spacial score (nSPS) is 10.3. The van der Waals surface area contributed by atoms with Gasteiger partial charge < -0.3 is 4.74 Å². The number of nitro groups is 1. The van der Waals surface area contributed by atoms with Crippen LogP contribution in [0.5, 0.6) is 5.75 Å². The van der Waals surface area contributed by atoms with Gasteiger partial charge in [-0.1, -0.05) is 31.9 Å². The molecule has 0 aromatic heterocycles. The number of halogens is 2. The first-order valence-electron chi connectivity index (χ1n) is 5.79. The fourth-order valence-corrected chi connectivity index (χ4v) is 2.58. The van der Waals surface area contributed by atoms with Gasteiger partial charge in [-0.25, -0.2) is 0 Å². The zero-order valence-electron chi connectivity index (χ0n) is 10.6. The largest absolute Gasteiger partial charge is 0.488 e. The van der Waals surface area contributed by atoms with Gasteiger partial charge in [0.15, 0.2) is 0 Å². The van der Waals surface area contributed by atoms with E-state index in [9.17, 15) is 10.1 Å². The highest BCUT2D eigenvalue weighted by Gasteiger charge is 2.14. The number of nitro benzene ring substituents is 1. The molecule has 2 rings (SSSR count). The summed E-state index contributed by atoms with van der Waals surface area (Å²) < 4.78 is 7.31. The number of hydrogen-bond donors (Lipinski definition) is 0. The van der Waals surface area contributed by atoms with E-state index in [1.807, 2.05) is 25.1 Å². The second-order valence-electron chi connectivity index (χ2n) is 4.23. The molecule has 0 radical (unpaired) electrons. The van der Waals surface area contributed by atoms with Crippen LogP contribution in [0.25, 0.3) is 0 Å². The van der Waals surface area contributed by atoms with Crippen molar-refractivity contribution in [3.63, 3.8) is 0 Å². The van der Waals surface area contributed by atoms with E-state index in [0.717, 1.165) is 10.0 Å². The molecular formula is C14H11Br2NO3. The molecule has 0 saturated carbocycles. The smallest absolute Gasteiger partial charge is 0.277 e. The molecule has 0 aliphatic carbocycles. The Morgan fingerprint density at radius 2 is 1.80 bits per heavy atom. The lowest BCUT2D eigenvalue weighted by Gasteiger charge is -2.10. The van der Waals surface area contributed by atoms with Gasteiger partial charge in [-0.2, -0.15) is 0 Å². The second-order valence-corrected chi connectivity index (χ2v) is 6.06. The monoisotopic (exact) mass is 399 g/mol. The number of rotatable bonds is 4. The molecule has 0 unspecified atom stereocenters. The summed E-state index contributed by atoms with van der Waals surface area (Å²) in [6.07, 6.45) is 0. The van der Waals surface area contributed by atoms with Crippen molar-refractivity contribution < 1.29 is 9.66 Å². The molecule has 0 fully saturated rings. The molecule has 4 nitrogen and oxygen atoms in total. The molecular weight excluding hydrogens is 390 g/mol. The van der Waals surface area contributed by atoms with E-state index < -0.39 is 4.92 Å². The molecule has 0 N–H and O–H groups in total. The third-order valence-corrected chi connectivity index (χ3v) is 3.75. The van der Waals surface area contributed by atoms with Crippen molar-refractivity contribution in [2.24, 2.45) is 0 Å². The molecule has 20 heavy (non-hydrogen) atoms. The van der Waals surface area contributed by atoms with Gasteiger partial charge in [0.2, 0.25) is 0 Å². The van der Waals surface area contributed by atoms with Gasteiger partial charge in [0.05, 0.1) is 10.5 Å². The van der Waals surface area contributed by atoms with Gasteiger partial charge in [-0.05, 0) is 42.8 Å². The minimum Gasteiger partial charge on any atom is -0.488 e. The molecule has 0 heterocycles. The first kappa shape index (κ1) is 15.0. The number of ether oxygens (including phenoxy) is 1.